The highest BCUT2D eigenvalue weighted by atomic mass is 32.2. The molecule has 1 aliphatic carbocycles. The predicted molar refractivity (Wildman–Crippen MR) is 67.9 cm³/mol. The molecule has 18 heavy (non-hydrogen) atoms. The van der Waals surface area contributed by atoms with Gasteiger partial charge in [-0.2, -0.15) is 0 Å². The first-order chi connectivity index (χ1) is 8.52. The zero-order valence-electron chi connectivity index (χ0n) is 10.7. The van der Waals surface area contributed by atoms with E-state index in [1.54, 1.807) is 0 Å². The maximum Gasteiger partial charge on any atom is 0.310 e. The third-order valence-corrected chi connectivity index (χ3v) is 5.87. The number of hydrogen-bond acceptors (Lipinski definition) is 5. The maximum absolute atomic E-state index is 11.8. The van der Waals surface area contributed by atoms with E-state index in [4.69, 9.17) is 4.74 Å². The lowest BCUT2D eigenvalue weighted by molar-refractivity contribution is -0.147. The molecule has 0 amide bonds. The van der Waals surface area contributed by atoms with E-state index in [1.165, 1.54) is 13.5 Å². The van der Waals surface area contributed by atoms with Crippen molar-refractivity contribution in [2.24, 2.45) is 11.8 Å². The number of esters is 1. The van der Waals surface area contributed by atoms with Crippen molar-refractivity contribution in [3.05, 3.63) is 0 Å². The lowest BCUT2D eigenvalue weighted by atomic mass is 9.89. The molecule has 2 fully saturated rings. The Hall–Kier alpha value is -0.620. The van der Waals surface area contributed by atoms with Crippen LogP contribution in [-0.4, -0.2) is 45.6 Å². The maximum atomic E-state index is 11.8. The van der Waals surface area contributed by atoms with Crippen LogP contribution < -0.4 is 5.32 Å². The zero-order chi connectivity index (χ0) is 13.2. The Balaban J connectivity index is 1.93. The molecule has 1 saturated heterocycles. The first-order valence-electron chi connectivity index (χ1n) is 6.53. The number of carbonyl (C=O) groups is 1. The van der Waals surface area contributed by atoms with Crippen LogP contribution in [0.1, 0.15) is 25.7 Å². The van der Waals surface area contributed by atoms with Gasteiger partial charge in [0.05, 0.1) is 24.5 Å². The van der Waals surface area contributed by atoms with Gasteiger partial charge >= 0.3 is 5.97 Å². The van der Waals surface area contributed by atoms with Crippen molar-refractivity contribution >= 4 is 15.8 Å². The van der Waals surface area contributed by atoms with Gasteiger partial charge < -0.3 is 10.1 Å². The van der Waals surface area contributed by atoms with Crippen molar-refractivity contribution in [3.8, 4) is 0 Å². The van der Waals surface area contributed by atoms with E-state index in [2.05, 4.69) is 5.32 Å². The van der Waals surface area contributed by atoms with Gasteiger partial charge in [-0.15, -0.1) is 0 Å². The fraction of sp³-hybridized carbons (Fsp3) is 0.917. The standard InChI is InChI=1S/C12H21NO4S/c1-17-12(14)11(7-13-10-3-2-4-10)9-5-6-18(15,16)8-9/h9-11,13H,2-8H2,1H3. The first-order valence-corrected chi connectivity index (χ1v) is 8.35. The number of rotatable bonds is 5. The van der Waals surface area contributed by atoms with Gasteiger partial charge in [0.15, 0.2) is 9.84 Å². The van der Waals surface area contributed by atoms with Crippen molar-refractivity contribution < 1.29 is 17.9 Å². The topological polar surface area (TPSA) is 72.5 Å². The number of nitrogens with one attached hydrogen (secondary N) is 1. The molecular formula is C12H21NO4S. The molecule has 0 bridgehead atoms. The molecule has 1 heterocycles. The van der Waals surface area contributed by atoms with Crippen LogP contribution in [0.4, 0.5) is 0 Å². The molecular weight excluding hydrogens is 254 g/mol. The highest BCUT2D eigenvalue weighted by Gasteiger charge is 2.38. The highest BCUT2D eigenvalue weighted by molar-refractivity contribution is 7.91. The van der Waals surface area contributed by atoms with Gasteiger partial charge in [-0.3, -0.25) is 4.79 Å². The van der Waals surface area contributed by atoms with E-state index in [0.29, 0.717) is 19.0 Å². The van der Waals surface area contributed by atoms with Gasteiger partial charge in [0.2, 0.25) is 0 Å². The van der Waals surface area contributed by atoms with Crippen molar-refractivity contribution in [1.29, 1.82) is 0 Å². The Morgan fingerprint density at radius 3 is 2.56 bits per heavy atom. The molecule has 0 aromatic rings. The van der Waals surface area contributed by atoms with Gasteiger partial charge in [0.1, 0.15) is 0 Å². The molecule has 1 aliphatic heterocycles. The molecule has 0 spiro atoms. The summed E-state index contributed by atoms with van der Waals surface area (Å²) < 4.78 is 27.8. The van der Waals surface area contributed by atoms with Crippen molar-refractivity contribution in [2.45, 2.75) is 31.7 Å². The van der Waals surface area contributed by atoms with E-state index in [1.807, 2.05) is 0 Å². The van der Waals surface area contributed by atoms with Crippen LogP contribution in [0.25, 0.3) is 0 Å². The fourth-order valence-electron chi connectivity index (χ4n) is 2.64. The van der Waals surface area contributed by atoms with Crippen LogP contribution in [0.3, 0.4) is 0 Å². The summed E-state index contributed by atoms with van der Waals surface area (Å²) in [6.45, 7) is 0.539. The molecule has 0 radical (unpaired) electrons. The number of carbonyl (C=O) groups excluding carboxylic acids is 1. The molecule has 0 aromatic heterocycles. The van der Waals surface area contributed by atoms with Crippen LogP contribution in [-0.2, 0) is 19.4 Å². The molecule has 104 valence electrons. The second kappa shape index (κ2) is 5.57. The highest BCUT2D eigenvalue weighted by Crippen LogP contribution is 2.27. The largest absolute Gasteiger partial charge is 0.469 e. The van der Waals surface area contributed by atoms with Crippen LogP contribution in [0.2, 0.25) is 0 Å². The minimum atomic E-state index is -2.95. The van der Waals surface area contributed by atoms with Gasteiger partial charge in [-0.1, -0.05) is 6.42 Å². The molecule has 5 nitrogen and oxygen atoms in total. The molecule has 1 N–H and O–H groups in total. The average molecular weight is 275 g/mol. The summed E-state index contributed by atoms with van der Waals surface area (Å²) in [5.74, 6) is -0.375. The molecule has 2 rings (SSSR count). The number of ether oxygens (including phenoxy) is 1. The third-order valence-electron chi connectivity index (χ3n) is 4.07. The second-order valence-corrected chi connectivity index (χ2v) is 7.56. The van der Waals surface area contributed by atoms with Gasteiger partial charge in [-0.05, 0) is 25.2 Å². The minimum absolute atomic E-state index is 0.0879. The van der Waals surface area contributed by atoms with Crippen molar-refractivity contribution in [2.75, 3.05) is 25.2 Å². The summed E-state index contributed by atoms with van der Waals surface area (Å²) in [7, 11) is -1.58. The smallest absolute Gasteiger partial charge is 0.310 e. The van der Waals surface area contributed by atoms with Crippen LogP contribution in [0.5, 0.6) is 0 Å². The van der Waals surface area contributed by atoms with E-state index in [-0.39, 0.29) is 29.3 Å². The normalized spacial score (nSPS) is 28.6. The molecule has 2 atom stereocenters. The fourth-order valence-corrected chi connectivity index (χ4v) is 4.52. The monoisotopic (exact) mass is 275 g/mol. The lowest BCUT2D eigenvalue weighted by Crippen LogP contribution is -2.42. The van der Waals surface area contributed by atoms with E-state index in [0.717, 1.165) is 12.8 Å². The summed E-state index contributed by atoms with van der Waals surface area (Å²) in [5, 5.41) is 3.34. The van der Waals surface area contributed by atoms with Crippen LogP contribution in [0, 0.1) is 11.8 Å². The zero-order valence-corrected chi connectivity index (χ0v) is 11.5. The van der Waals surface area contributed by atoms with E-state index in [9.17, 15) is 13.2 Å². The lowest BCUT2D eigenvalue weighted by Gasteiger charge is -2.29. The average Bonchev–Trinajstić information content (AvgIpc) is 2.61. The summed E-state index contributed by atoms with van der Waals surface area (Å²) in [4.78, 5) is 11.8. The molecule has 1 saturated carbocycles. The quantitative estimate of drug-likeness (QED) is 0.733. The van der Waals surface area contributed by atoms with Crippen LogP contribution >= 0.6 is 0 Å². The first kappa shape index (κ1) is 13.8. The Morgan fingerprint density at radius 1 is 1.39 bits per heavy atom. The Morgan fingerprint density at radius 2 is 2.11 bits per heavy atom. The summed E-state index contributed by atoms with van der Waals surface area (Å²) in [6.07, 6.45) is 4.11. The second-order valence-electron chi connectivity index (χ2n) is 5.33. The third kappa shape index (κ3) is 3.23. The minimum Gasteiger partial charge on any atom is -0.469 e. The Bertz CT molecular complexity index is 402. The number of sulfone groups is 1. The van der Waals surface area contributed by atoms with Crippen molar-refractivity contribution in [3.63, 3.8) is 0 Å². The summed E-state index contributed by atoms with van der Waals surface area (Å²) in [5.41, 5.74) is 0. The van der Waals surface area contributed by atoms with Gasteiger partial charge in [-0.25, -0.2) is 8.42 Å². The predicted octanol–water partition coefficient (Wildman–Crippen LogP) is 0.352. The number of hydrogen-bond donors (Lipinski definition) is 1. The van der Waals surface area contributed by atoms with Crippen LogP contribution in [0.15, 0.2) is 0 Å². The molecule has 2 aliphatic rings. The summed E-state index contributed by atoms with van der Waals surface area (Å²) >= 11 is 0. The Labute approximate surface area is 108 Å². The van der Waals surface area contributed by atoms with Gasteiger partial charge in [0.25, 0.3) is 0 Å². The van der Waals surface area contributed by atoms with Crippen molar-refractivity contribution in [1.82, 2.24) is 5.32 Å². The Kier molecular flexibility index (Phi) is 4.27. The van der Waals surface area contributed by atoms with Gasteiger partial charge in [0, 0.05) is 12.6 Å². The molecule has 0 aromatic carbocycles. The summed E-state index contributed by atoms with van der Waals surface area (Å²) in [6, 6.07) is 0.496. The SMILES string of the molecule is COC(=O)C(CNC1CCC1)C1CCS(=O)(=O)C1. The molecule has 2 unspecified atom stereocenters. The molecule has 6 heteroatoms. The van der Waals surface area contributed by atoms with E-state index >= 15 is 0 Å². The van der Waals surface area contributed by atoms with E-state index < -0.39 is 9.84 Å². The number of methoxy groups -OCH3 is 1.